The third-order valence-corrected chi connectivity index (χ3v) is 5.00. The van der Waals surface area contributed by atoms with Gasteiger partial charge in [0.25, 0.3) is 0 Å². The van der Waals surface area contributed by atoms with Gasteiger partial charge >= 0.3 is 5.97 Å². The molecule has 3 aromatic rings. The molecule has 0 aliphatic carbocycles. The normalized spacial score (nSPS) is 12.4. The summed E-state index contributed by atoms with van der Waals surface area (Å²) in [7, 11) is 1.61. The smallest absolute Gasteiger partial charge is 0.356 e. The van der Waals surface area contributed by atoms with Crippen LogP contribution in [0.5, 0.6) is 17.2 Å². The van der Waals surface area contributed by atoms with Crippen molar-refractivity contribution in [3.05, 3.63) is 46.6 Å². The molecule has 0 amide bonds. The maximum absolute atomic E-state index is 12.6. The van der Waals surface area contributed by atoms with E-state index in [1.165, 1.54) is 0 Å². The van der Waals surface area contributed by atoms with Gasteiger partial charge in [0.2, 0.25) is 6.79 Å². The Bertz CT molecular complexity index is 994. The highest BCUT2D eigenvalue weighted by molar-refractivity contribution is 9.10. The molecule has 1 aliphatic heterocycles. The van der Waals surface area contributed by atoms with Gasteiger partial charge in [-0.05, 0) is 53.2 Å². The Kier molecular flexibility index (Phi) is 4.24. The standard InChI is InChI=1S/C19H16BrNO5/c1-3-24-19(22)18-17(20)13-8-15-16(26-10-25-15)9-14(13)21(18)11-4-6-12(23-2)7-5-11/h4-9H,3,10H2,1-2H3. The predicted octanol–water partition coefficient (Wildman–Crippen LogP) is 4.31. The van der Waals surface area contributed by atoms with Crippen LogP contribution in [0.4, 0.5) is 0 Å². The Labute approximate surface area is 158 Å². The fourth-order valence-corrected chi connectivity index (χ4v) is 3.67. The summed E-state index contributed by atoms with van der Waals surface area (Å²) in [4.78, 5) is 12.6. The highest BCUT2D eigenvalue weighted by atomic mass is 79.9. The van der Waals surface area contributed by atoms with Crippen LogP contribution >= 0.6 is 15.9 Å². The molecular formula is C19H16BrNO5. The molecule has 7 heteroatoms. The van der Waals surface area contributed by atoms with Crippen LogP contribution < -0.4 is 14.2 Å². The summed E-state index contributed by atoms with van der Waals surface area (Å²) < 4.78 is 24.0. The lowest BCUT2D eigenvalue weighted by Crippen LogP contribution is -2.11. The van der Waals surface area contributed by atoms with Gasteiger partial charge in [-0.25, -0.2) is 4.79 Å². The van der Waals surface area contributed by atoms with Gasteiger partial charge < -0.3 is 23.5 Å². The van der Waals surface area contributed by atoms with E-state index in [0.29, 0.717) is 21.7 Å². The topological polar surface area (TPSA) is 58.9 Å². The van der Waals surface area contributed by atoms with E-state index in [1.807, 2.05) is 41.0 Å². The molecule has 0 radical (unpaired) electrons. The Hall–Kier alpha value is -2.67. The number of rotatable bonds is 4. The number of carbonyl (C=O) groups is 1. The Morgan fingerprint density at radius 3 is 2.54 bits per heavy atom. The van der Waals surface area contributed by atoms with E-state index in [2.05, 4.69) is 15.9 Å². The molecule has 0 saturated heterocycles. The number of methoxy groups -OCH3 is 1. The number of fused-ring (bicyclic) bond motifs is 2. The number of aromatic nitrogens is 1. The lowest BCUT2D eigenvalue weighted by Gasteiger charge is -2.11. The van der Waals surface area contributed by atoms with Gasteiger partial charge in [0.05, 0.1) is 23.7 Å². The van der Waals surface area contributed by atoms with Crippen molar-refractivity contribution in [3.63, 3.8) is 0 Å². The average Bonchev–Trinajstić information content (AvgIpc) is 3.22. The van der Waals surface area contributed by atoms with Gasteiger partial charge in [0.15, 0.2) is 11.5 Å². The van der Waals surface area contributed by atoms with Crippen LogP contribution in [0, 0.1) is 0 Å². The molecule has 1 aliphatic rings. The molecule has 2 aromatic carbocycles. The molecule has 0 fully saturated rings. The minimum atomic E-state index is -0.409. The maximum atomic E-state index is 12.6. The fraction of sp³-hybridized carbons (Fsp3) is 0.211. The molecular weight excluding hydrogens is 402 g/mol. The fourth-order valence-electron chi connectivity index (χ4n) is 3.02. The molecule has 0 bridgehead atoms. The Morgan fingerprint density at radius 1 is 1.19 bits per heavy atom. The number of carbonyl (C=O) groups excluding carboxylic acids is 1. The Morgan fingerprint density at radius 2 is 1.88 bits per heavy atom. The number of ether oxygens (including phenoxy) is 4. The second kappa shape index (κ2) is 6.57. The summed E-state index contributed by atoms with van der Waals surface area (Å²) in [6, 6.07) is 11.2. The number of hydrogen-bond donors (Lipinski definition) is 0. The molecule has 0 N–H and O–H groups in total. The zero-order valence-electron chi connectivity index (χ0n) is 14.2. The van der Waals surface area contributed by atoms with Crippen LogP contribution in [-0.4, -0.2) is 31.0 Å². The zero-order valence-corrected chi connectivity index (χ0v) is 15.8. The Balaban J connectivity index is 2.00. The van der Waals surface area contributed by atoms with Gasteiger partial charge in [-0.3, -0.25) is 0 Å². The van der Waals surface area contributed by atoms with Crippen LogP contribution in [0.15, 0.2) is 40.9 Å². The first kappa shape index (κ1) is 16.8. The number of nitrogens with zero attached hydrogens (tertiary/aromatic N) is 1. The van der Waals surface area contributed by atoms with Crippen molar-refractivity contribution in [1.29, 1.82) is 0 Å². The summed E-state index contributed by atoms with van der Waals surface area (Å²) in [6.45, 7) is 2.26. The van der Waals surface area contributed by atoms with Gasteiger partial charge in [-0.15, -0.1) is 0 Å². The van der Waals surface area contributed by atoms with Crippen LogP contribution in [0.3, 0.4) is 0 Å². The number of benzene rings is 2. The van der Waals surface area contributed by atoms with Gasteiger partial charge in [0, 0.05) is 17.1 Å². The lowest BCUT2D eigenvalue weighted by molar-refractivity contribution is 0.0516. The summed E-state index contributed by atoms with van der Waals surface area (Å²) in [5, 5.41) is 0.841. The average molecular weight is 418 g/mol. The summed E-state index contributed by atoms with van der Waals surface area (Å²) >= 11 is 3.56. The van der Waals surface area contributed by atoms with Crippen LogP contribution in [-0.2, 0) is 4.74 Å². The molecule has 0 atom stereocenters. The van der Waals surface area contributed by atoms with E-state index < -0.39 is 5.97 Å². The van der Waals surface area contributed by atoms with Crippen LogP contribution in [0.25, 0.3) is 16.6 Å². The minimum Gasteiger partial charge on any atom is -0.497 e. The van der Waals surface area contributed by atoms with E-state index >= 15 is 0 Å². The van der Waals surface area contributed by atoms with Crippen molar-refractivity contribution >= 4 is 32.8 Å². The van der Waals surface area contributed by atoms with Crippen molar-refractivity contribution in [2.75, 3.05) is 20.5 Å². The van der Waals surface area contributed by atoms with Crippen molar-refractivity contribution in [1.82, 2.24) is 4.57 Å². The first-order valence-corrected chi connectivity index (χ1v) is 8.88. The third-order valence-electron chi connectivity index (χ3n) is 4.20. The second-order valence-corrected chi connectivity index (χ2v) is 6.43. The number of hydrogen-bond acceptors (Lipinski definition) is 5. The molecule has 134 valence electrons. The summed E-state index contributed by atoms with van der Waals surface area (Å²) in [5.41, 5.74) is 2.04. The van der Waals surface area contributed by atoms with E-state index in [-0.39, 0.29) is 13.4 Å². The predicted molar refractivity (Wildman–Crippen MR) is 99.6 cm³/mol. The number of halogens is 1. The molecule has 0 unspecified atom stereocenters. The molecule has 4 rings (SSSR count). The van der Waals surface area contributed by atoms with E-state index in [9.17, 15) is 4.79 Å². The largest absolute Gasteiger partial charge is 0.497 e. The van der Waals surface area contributed by atoms with Crippen molar-refractivity contribution in [3.8, 4) is 22.9 Å². The second-order valence-electron chi connectivity index (χ2n) is 5.64. The highest BCUT2D eigenvalue weighted by Crippen LogP contribution is 2.42. The van der Waals surface area contributed by atoms with Gasteiger partial charge in [-0.2, -0.15) is 0 Å². The first-order valence-electron chi connectivity index (χ1n) is 8.09. The molecule has 2 heterocycles. The van der Waals surface area contributed by atoms with Crippen molar-refractivity contribution < 1.29 is 23.7 Å². The zero-order chi connectivity index (χ0) is 18.3. The first-order chi connectivity index (χ1) is 12.6. The number of esters is 1. The highest BCUT2D eigenvalue weighted by Gasteiger charge is 2.26. The third kappa shape index (κ3) is 2.59. The van der Waals surface area contributed by atoms with Crippen LogP contribution in [0.1, 0.15) is 17.4 Å². The molecule has 0 saturated carbocycles. The molecule has 1 aromatic heterocycles. The molecule has 6 nitrogen and oxygen atoms in total. The van der Waals surface area contributed by atoms with Crippen LogP contribution in [0.2, 0.25) is 0 Å². The van der Waals surface area contributed by atoms with E-state index in [1.54, 1.807) is 14.0 Å². The van der Waals surface area contributed by atoms with Crippen molar-refractivity contribution in [2.24, 2.45) is 0 Å². The maximum Gasteiger partial charge on any atom is 0.356 e. The molecule has 0 spiro atoms. The summed E-state index contributed by atoms with van der Waals surface area (Å²) in [5.74, 6) is 1.63. The quantitative estimate of drug-likeness (QED) is 0.592. The monoisotopic (exact) mass is 417 g/mol. The van der Waals surface area contributed by atoms with E-state index in [4.69, 9.17) is 18.9 Å². The SMILES string of the molecule is CCOC(=O)c1c(Br)c2cc3c(cc2n1-c1ccc(OC)cc1)OCO3. The lowest BCUT2D eigenvalue weighted by atomic mass is 10.2. The summed E-state index contributed by atoms with van der Waals surface area (Å²) in [6.07, 6.45) is 0. The van der Waals surface area contributed by atoms with E-state index in [0.717, 1.165) is 22.3 Å². The van der Waals surface area contributed by atoms with Gasteiger partial charge in [-0.1, -0.05) is 0 Å². The molecule has 26 heavy (non-hydrogen) atoms. The van der Waals surface area contributed by atoms with Gasteiger partial charge in [0.1, 0.15) is 11.4 Å². The minimum absolute atomic E-state index is 0.187. The van der Waals surface area contributed by atoms with Crippen molar-refractivity contribution in [2.45, 2.75) is 6.92 Å².